The third-order valence-electron chi connectivity index (χ3n) is 3.11. The number of carbonyl (C=O) groups is 1. The van der Waals surface area contributed by atoms with Gasteiger partial charge in [-0.15, -0.1) is 32.9 Å². The number of carbonyl (C=O) groups excluding carboxylic acids is 1. The average Bonchev–Trinajstić information content (AvgIpc) is 3.20. The molecule has 0 aliphatic carbocycles. The molecule has 0 spiro atoms. The summed E-state index contributed by atoms with van der Waals surface area (Å²) in [7, 11) is 0. The summed E-state index contributed by atoms with van der Waals surface area (Å²) in [6, 6.07) is 1.87. The second-order valence-corrected chi connectivity index (χ2v) is 7.64. The number of hydrogen-bond donors (Lipinski definition) is 1. The average molecular weight is 349 g/mol. The first kappa shape index (κ1) is 13.8. The van der Waals surface area contributed by atoms with Crippen LogP contribution in [-0.2, 0) is 6.42 Å². The summed E-state index contributed by atoms with van der Waals surface area (Å²) in [5, 5.41) is 14.3. The molecule has 4 rings (SSSR count). The molecule has 0 fully saturated rings. The van der Waals surface area contributed by atoms with Crippen LogP contribution in [0.15, 0.2) is 17.6 Å². The number of amides is 1. The number of nitrogens with zero attached hydrogens (tertiary/aromatic N) is 4. The summed E-state index contributed by atoms with van der Waals surface area (Å²) < 4.78 is 2.00. The molecule has 0 saturated carbocycles. The van der Waals surface area contributed by atoms with Gasteiger partial charge in [0.2, 0.25) is 5.13 Å². The van der Waals surface area contributed by atoms with Gasteiger partial charge in [0.25, 0.3) is 5.91 Å². The summed E-state index contributed by atoms with van der Waals surface area (Å²) in [6.45, 7) is 2.09. The van der Waals surface area contributed by atoms with Crippen molar-refractivity contribution in [3.05, 3.63) is 27.5 Å². The largest absolute Gasteiger partial charge is 0.296 e. The van der Waals surface area contributed by atoms with Gasteiger partial charge in [0.15, 0.2) is 4.96 Å². The molecule has 0 bridgehead atoms. The van der Waals surface area contributed by atoms with Gasteiger partial charge in [-0.05, 0) is 12.5 Å². The Morgan fingerprint density at radius 2 is 2.27 bits per heavy atom. The highest BCUT2D eigenvalue weighted by atomic mass is 32.1. The molecule has 1 N–H and O–H groups in total. The van der Waals surface area contributed by atoms with Crippen LogP contribution in [0.4, 0.5) is 5.13 Å². The van der Waals surface area contributed by atoms with Crippen LogP contribution in [0, 0.1) is 0 Å². The van der Waals surface area contributed by atoms with Crippen molar-refractivity contribution in [2.45, 2.75) is 19.8 Å². The zero-order valence-corrected chi connectivity index (χ0v) is 14.0. The number of aryl methyl sites for hydroxylation is 1. The van der Waals surface area contributed by atoms with Crippen LogP contribution in [0.25, 0.3) is 15.3 Å². The number of aromatic nitrogens is 4. The molecule has 4 aromatic rings. The van der Waals surface area contributed by atoms with E-state index >= 15 is 0 Å². The van der Waals surface area contributed by atoms with Crippen LogP contribution >= 0.6 is 34.0 Å². The van der Waals surface area contributed by atoms with Gasteiger partial charge >= 0.3 is 0 Å². The number of nitrogens with one attached hydrogen (secondary N) is 1. The van der Waals surface area contributed by atoms with Gasteiger partial charge in [0.1, 0.15) is 9.84 Å². The Labute approximate surface area is 137 Å². The van der Waals surface area contributed by atoms with Crippen LogP contribution in [0.5, 0.6) is 0 Å². The van der Waals surface area contributed by atoms with Crippen molar-refractivity contribution in [1.29, 1.82) is 0 Å². The summed E-state index contributed by atoms with van der Waals surface area (Å²) in [4.78, 5) is 19.3. The van der Waals surface area contributed by atoms with E-state index in [2.05, 4.69) is 27.4 Å². The van der Waals surface area contributed by atoms with Crippen LogP contribution < -0.4 is 5.32 Å². The van der Waals surface area contributed by atoms with E-state index in [1.165, 1.54) is 22.7 Å². The zero-order valence-electron chi connectivity index (χ0n) is 11.6. The monoisotopic (exact) mass is 349 g/mol. The van der Waals surface area contributed by atoms with Crippen LogP contribution in [0.1, 0.15) is 28.0 Å². The third kappa shape index (κ3) is 2.31. The Kier molecular flexibility index (Phi) is 3.40. The Morgan fingerprint density at radius 3 is 3.14 bits per heavy atom. The summed E-state index contributed by atoms with van der Waals surface area (Å²) in [5.74, 6) is -0.161. The van der Waals surface area contributed by atoms with E-state index in [9.17, 15) is 4.79 Å². The predicted octanol–water partition coefficient (Wildman–Crippen LogP) is 3.67. The third-order valence-corrected chi connectivity index (χ3v) is 5.79. The van der Waals surface area contributed by atoms with Crippen molar-refractivity contribution < 1.29 is 4.79 Å². The highest BCUT2D eigenvalue weighted by molar-refractivity contribution is 7.21. The molecule has 0 radical (unpaired) electrons. The van der Waals surface area contributed by atoms with Crippen molar-refractivity contribution in [3.8, 4) is 0 Å². The van der Waals surface area contributed by atoms with E-state index in [4.69, 9.17) is 0 Å². The van der Waals surface area contributed by atoms with Crippen molar-refractivity contribution in [2.75, 3.05) is 5.32 Å². The maximum atomic E-state index is 12.3. The molecular formula is C13H11N5OS3. The molecule has 0 aliphatic rings. The first-order valence-corrected chi connectivity index (χ1v) is 9.24. The van der Waals surface area contributed by atoms with Gasteiger partial charge in [-0.2, -0.15) is 0 Å². The molecule has 0 aliphatic heterocycles. The second kappa shape index (κ2) is 5.41. The highest BCUT2D eigenvalue weighted by Crippen LogP contribution is 2.29. The van der Waals surface area contributed by atoms with Crippen molar-refractivity contribution in [1.82, 2.24) is 19.6 Å². The molecule has 112 valence electrons. The molecule has 4 heterocycles. The summed E-state index contributed by atoms with van der Waals surface area (Å²) in [5.41, 5.74) is 0.968. The Morgan fingerprint density at radius 1 is 1.36 bits per heavy atom. The second-order valence-electron chi connectivity index (χ2n) is 4.67. The minimum absolute atomic E-state index is 0.161. The predicted molar refractivity (Wildman–Crippen MR) is 90.3 cm³/mol. The summed E-state index contributed by atoms with van der Waals surface area (Å²) >= 11 is 4.40. The fraction of sp³-hybridized carbons (Fsp3) is 0.231. The van der Waals surface area contributed by atoms with Crippen LogP contribution in [0.3, 0.4) is 0 Å². The van der Waals surface area contributed by atoms with Crippen molar-refractivity contribution in [3.63, 3.8) is 0 Å². The van der Waals surface area contributed by atoms with Gasteiger partial charge in [0.05, 0.1) is 10.4 Å². The minimum atomic E-state index is -0.161. The lowest BCUT2D eigenvalue weighted by Gasteiger charge is -1.96. The number of anilines is 1. The SMILES string of the molecule is CCCc1nnc(NC(=O)c2cc3c(nc4sccn43)s2)s1. The molecule has 1 amide bonds. The lowest BCUT2D eigenvalue weighted by molar-refractivity contribution is 0.103. The van der Waals surface area contributed by atoms with Crippen LogP contribution in [0.2, 0.25) is 0 Å². The first-order chi connectivity index (χ1) is 10.7. The number of thiazole rings is 1. The number of fused-ring (bicyclic) bond motifs is 3. The highest BCUT2D eigenvalue weighted by Gasteiger charge is 2.16. The Bertz CT molecular complexity index is 963. The van der Waals surface area contributed by atoms with E-state index in [0.29, 0.717) is 10.0 Å². The van der Waals surface area contributed by atoms with Crippen LogP contribution in [-0.4, -0.2) is 25.5 Å². The molecule has 6 nitrogen and oxygen atoms in total. The van der Waals surface area contributed by atoms with Gasteiger partial charge in [-0.25, -0.2) is 4.98 Å². The van der Waals surface area contributed by atoms with Crippen molar-refractivity contribution >= 4 is 60.4 Å². The fourth-order valence-corrected chi connectivity index (χ4v) is 4.67. The minimum Gasteiger partial charge on any atom is -0.296 e. The van der Waals surface area contributed by atoms with Crippen molar-refractivity contribution in [2.24, 2.45) is 0 Å². The molecule has 9 heteroatoms. The maximum Gasteiger partial charge on any atom is 0.267 e. The number of thiophene rings is 1. The standard InChI is InChI=1S/C13H11N5OS3/c1-2-3-9-16-17-12(22-9)14-10(19)8-6-7-11(21-8)15-13-18(7)4-5-20-13/h4-6H,2-3H2,1H3,(H,14,17,19). The molecule has 0 atom stereocenters. The fourth-order valence-electron chi connectivity index (χ4n) is 2.14. The molecule has 0 saturated heterocycles. The van der Waals surface area contributed by atoms with Gasteiger partial charge < -0.3 is 0 Å². The number of rotatable bonds is 4. The molecule has 0 aromatic carbocycles. The maximum absolute atomic E-state index is 12.3. The van der Waals surface area contributed by atoms with E-state index < -0.39 is 0 Å². The normalized spacial score (nSPS) is 11.5. The zero-order chi connectivity index (χ0) is 15.1. The number of imidazole rings is 1. The van der Waals surface area contributed by atoms with E-state index in [1.807, 2.05) is 22.0 Å². The molecule has 4 aromatic heterocycles. The molecule has 22 heavy (non-hydrogen) atoms. The number of hydrogen-bond acceptors (Lipinski definition) is 7. The lowest BCUT2D eigenvalue weighted by Crippen LogP contribution is -2.09. The van der Waals surface area contributed by atoms with E-state index in [-0.39, 0.29) is 5.91 Å². The Balaban J connectivity index is 1.59. The van der Waals surface area contributed by atoms with E-state index in [1.54, 1.807) is 11.3 Å². The Hall–Kier alpha value is -1.84. The summed E-state index contributed by atoms with van der Waals surface area (Å²) in [6.07, 6.45) is 3.87. The molecular weight excluding hydrogens is 338 g/mol. The lowest BCUT2D eigenvalue weighted by atomic mass is 10.4. The van der Waals surface area contributed by atoms with Gasteiger partial charge in [0, 0.05) is 18.0 Å². The van der Waals surface area contributed by atoms with Gasteiger partial charge in [-0.1, -0.05) is 18.3 Å². The quantitative estimate of drug-likeness (QED) is 0.610. The molecule has 0 unspecified atom stereocenters. The van der Waals surface area contributed by atoms with E-state index in [0.717, 1.165) is 33.2 Å². The topological polar surface area (TPSA) is 72.2 Å². The first-order valence-electron chi connectivity index (χ1n) is 6.73. The smallest absolute Gasteiger partial charge is 0.267 e. The van der Waals surface area contributed by atoms with Gasteiger partial charge in [-0.3, -0.25) is 14.5 Å².